The number of fused-ring (bicyclic) bond motifs is 1. The molecule has 0 unspecified atom stereocenters. The largest absolute Gasteiger partial charge is 0.299 e. The van der Waals surface area contributed by atoms with Crippen molar-refractivity contribution < 1.29 is 13.2 Å². The number of anilines is 1. The highest BCUT2D eigenvalue weighted by Gasteiger charge is 2.30. The molecule has 0 saturated heterocycles. The van der Waals surface area contributed by atoms with E-state index in [2.05, 4.69) is 14.8 Å². The minimum atomic E-state index is -3.31. The summed E-state index contributed by atoms with van der Waals surface area (Å²) < 4.78 is 26.8. The van der Waals surface area contributed by atoms with Gasteiger partial charge in [-0.05, 0) is 37.1 Å². The number of benzene rings is 1. The highest BCUT2D eigenvalue weighted by molar-refractivity contribution is 7.92. The molecule has 0 radical (unpaired) electrons. The molecule has 0 atom stereocenters. The average Bonchev–Trinajstić information content (AvgIpc) is 3.34. The lowest BCUT2D eigenvalue weighted by Crippen LogP contribution is -2.09. The van der Waals surface area contributed by atoms with Gasteiger partial charge in [-0.2, -0.15) is 5.10 Å². The van der Waals surface area contributed by atoms with Gasteiger partial charge >= 0.3 is 0 Å². The molecular weight excluding hydrogens is 352 g/mol. The summed E-state index contributed by atoms with van der Waals surface area (Å²) in [7, 11) is -3.31. The topological polar surface area (TPSA) is 93.4 Å². The Balaban J connectivity index is 1.65. The Bertz CT molecular complexity index is 1080. The summed E-state index contributed by atoms with van der Waals surface area (Å²) in [5.74, 6) is 0.930. The molecule has 1 aliphatic carbocycles. The number of nitrogens with one attached hydrogen (secondary N) is 1. The number of hydrogen-bond acceptors (Lipinski definition) is 5. The van der Waals surface area contributed by atoms with Gasteiger partial charge in [-0.3, -0.25) is 9.52 Å². The second-order valence-corrected chi connectivity index (χ2v) is 8.33. The summed E-state index contributed by atoms with van der Waals surface area (Å²) in [6.45, 7) is 0. The van der Waals surface area contributed by atoms with Crippen LogP contribution in [0.1, 0.15) is 18.7 Å². The Morgan fingerprint density at radius 1 is 1.19 bits per heavy atom. The van der Waals surface area contributed by atoms with Crippen molar-refractivity contribution in [3.05, 3.63) is 48.3 Å². The Kier molecular flexibility index (Phi) is 3.99. The van der Waals surface area contributed by atoms with E-state index >= 15 is 0 Å². The van der Waals surface area contributed by atoms with Crippen molar-refractivity contribution in [3.8, 4) is 11.3 Å². The van der Waals surface area contributed by atoms with Crippen LogP contribution in [-0.4, -0.2) is 35.1 Å². The van der Waals surface area contributed by atoms with Crippen LogP contribution < -0.4 is 4.72 Å². The Morgan fingerprint density at radius 3 is 2.58 bits per heavy atom. The third-order valence-corrected chi connectivity index (χ3v) is 4.86. The van der Waals surface area contributed by atoms with E-state index in [1.165, 1.54) is 0 Å². The molecule has 4 rings (SSSR count). The minimum Gasteiger partial charge on any atom is -0.299 e. The molecule has 134 valence electrons. The fourth-order valence-electron chi connectivity index (χ4n) is 2.87. The fourth-order valence-corrected chi connectivity index (χ4v) is 3.44. The highest BCUT2D eigenvalue weighted by Crippen LogP contribution is 2.30. The first kappa shape index (κ1) is 16.7. The van der Waals surface area contributed by atoms with Crippen LogP contribution in [0.4, 0.5) is 5.69 Å². The highest BCUT2D eigenvalue weighted by atomic mass is 32.2. The Morgan fingerprint density at radius 2 is 1.92 bits per heavy atom. The summed E-state index contributed by atoms with van der Waals surface area (Å²) in [5.41, 5.74) is 2.88. The number of nitrogens with zero attached hydrogens (tertiary/aromatic N) is 3. The first-order valence-electron chi connectivity index (χ1n) is 8.35. The number of sulfonamides is 1. The Labute approximate surface area is 151 Å². The molecule has 2 aromatic heterocycles. The summed E-state index contributed by atoms with van der Waals surface area (Å²) in [5, 5.41) is 4.49. The van der Waals surface area contributed by atoms with Gasteiger partial charge < -0.3 is 0 Å². The van der Waals surface area contributed by atoms with Gasteiger partial charge in [0, 0.05) is 17.2 Å². The van der Waals surface area contributed by atoms with Crippen LogP contribution in [0.25, 0.3) is 16.9 Å². The first-order valence-corrected chi connectivity index (χ1v) is 10.2. The van der Waals surface area contributed by atoms with Crippen molar-refractivity contribution in [2.75, 3.05) is 11.0 Å². The number of rotatable bonds is 6. The standard InChI is InChI=1S/C18H18N4O3S/c1-26(24,25)21-14-9-7-12(8-10-14)15-3-2-4-18-19-17(20-22(15)18)11-16(23)13-5-6-13/h2-4,7-10,13,21H,5-6,11H2,1H3. The van der Waals surface area contributed by atoms with Gasteiger partial charge in [0.25, 0.3) is 0 Å². The monoisotopic (exact) mass is 370 g/mol. The third-order valence-electron chi connectivity index (χ3n) is 4.25. The van der Waals surface area contributed by atoms with E-state index in [1.54, 1.807) is 16.6 Å². The molecule has 7 nitrogen and oxygen atoms in total. The van der Waals surface area contributed by atoms with Crippen LogP contribution in [0.15, 0.2) is 42.5 Å². The van der Waals surface area contributed by atoms with Crippen molar-refractivity contribution >= 4 is 27.1 Å². The maximum absolute atomic E-state index is 12.0. The van der Waals surface area contributed by atoms with Crippen molar-refractivity contribution in [2.45, 2.75) is 19.3 Å². The third kappa shape index (κ3) is 3.60. The van der Waals surface area contributed by atoms with Crippen LogP contribution >= 0.6 is 0 Å². The van der Waals surface area contributed by atoms with Crippen LogP contribution in [0.3, 0.4) is 0 Å². The summed E-state index contributed by atoms with van der Waals surface area (Å²) in [6.07, 6.45) is 3.33. The second-order valence-electron chi connectivity index (χ2n) is 6.58. The summed E-state index contributed by atoms with van der Waals surface area (Å²) >= 11 is 0. The zero-order chi connectivity index (χ0) is 18.3. The molecule has 1 aliphatic rings. The summed E-state index contributed by atoms with van der Waals surface area (Å²) in [6, 6.07) is 12.7. The van der Waals surface area contributed by atoms with E-state index in [0.717, 1.165) is 30.4 Å². The van der Waals surface area contributed by atoms with E-state index in [1.807, 2.05) is 30.3 Å². The average molecular weight is 370 g/mol. The second kappa shape index (κ2) is 6.21. The Hall–Kier alpha value is -2.74. The van der Waals surface area contributed by atoms with Crippen molar-refractivity contribution in [3.63, 3.8) is 0 Å². The lowest BCUT2D eigenvalue weighted by molar-refractivity contribution is -0.119. The van der Waals surface area contributed by atoms with Crippen LogP contribution in [0, 0.1) is 5.92 Å². The van der Waals surface area contributed by atoms with Crippen LogP contribution in [0.5, 0.6) is 0 Å². The number of aromatic nitrogens is 3. The molecule has 1 fully saturated rings. The number of Topliss-reactive ketones (excluding diaryl/α,β-unsaturated/α-hetero) is 1. The molecule has 1 aromatic carbocycles. The van der Waals surface area contributed by atoms with Gasteiger partial charge in [-0.1, -0.05) is 18.2 Å². The van der Waals surface area contributed by atoms with E-state index in [4.69, 9.17) is 0 Å². The molecule has 0 spiro atoms. The van der Waals surface area contributed by atoms with E-state index in [9.17, 15) is 13.2 Å². The van der Waals surface area contributed by atoms with Gasteiger partial charge in [-0.25, -0.2) is 17.9 Å². The van der Waals surface area contributed by atoms with Crippen LogP contribution in [-0.2, 0) is 21.2 Å². The molecule has 0 bridgehead atoms. The molecule has 26 heavy (non-hydrogen) atoms. The molecular formula is C18H18N4O3S. The van der Waals surface area contributed by atoms with Gasteiger partial charge in [0.05, 0.1) is 18.4 Å². The van der Waals surface area contributed by atoms with Gasteiger partial charge in [-0.15, -0.1) is 0 Å². The maximum Gasteiger partial charge on any atom is 0.229 e. The zero-order valence-electron chi connectivity index (χ0n) is 14.2. The van der Waals surface area contributed by atoms with E-state index < -0.39 is 10.0 Å². The first-order chi connectivity index (χ1) is 12.4. The molecule has 2 heterocycles. The quantitative estimate of drug-likeness (QED) is 0.718. The molecule has 3 aromatic rings. The molecule has 1 N–H and O–H groups in total. The van der Waals surface area contributed by atoms with Gasteiger partial charge in [0.15, 0.2) is 11.5 Å². The predicted octanol–water partition coefficient (Wildman–Crippen LogP) is 2.29. The van der Waals surface area contributed by atoms with Crippen molar-refractivity contribution in [1.29, 1.82) is 0 Å². The number of ketones is 1. The molecule has 1 saturated carbocycles. The molecule has 0 aliphatic heterocycles. The zero-order valence-corrected chi connectivity index (χ0v) is 15.0. The number of carbonyl (C=O) groups is 1. The SMILES string of the molecule is CS(=O)(=O)Nc1ccc(-c2cccc3nc(CC(=O)C4CC4)nn23)cc1. The van der Waals surface area contributed by atoms with Gasteiger partial charge in [0.1, 0.15) is 5.78 Å². The van der Waals surface area contributed by atoms with Crippen molar-refractivity contribution in [1.82, 2.24) is 14.6 Å². The smallest absolute Gasteiger partial charge is 0.229 e. The fraction of sp³-hybridized carbons (Fsp3) is 0.278. The lowest BCUT2D eigenvalue weighted by atomic mass is 10.1. The van der Waals surface area contributed by atoms with Gasteiger partial charge in [0.2, 0.25) is 10.0 Å². The molecule has 8 heteroatoms. The summed E-state index contributed by atoms with van der Waals surface area (Å²) in [4.78, 5) is 16.5. The number of carbonyl (C=O) groups excluding carboxylic acids is 1. The van der Waals surface area contributed by atoms with Crippen LogP contribution in [0.2, 0.25) is 0 Å². The normalized spacial score (nSPS) is 14.5. The maximum atomic E-state index is 12.0. The van der Waals surface area contributed by atoms with E-state index in [-0.39, 0.29) is 18.1 Å². The molecule has 0 amide bonds. The minimum absolute atomic E-state index is 0.191. The van der Waals surface area contributed by atoms with Crippen molar-refractivity contribution in [2.24, 2.45) is 5.92 Å². The predicted molar refractivity (Wildman–Crippen MR) is 98.3 cm³/mol. The van der Waals surface area contributed by atoms with E-state index in [0.29, 0.717) is 17.2 Å². The lowest BCUT2D eigenvalue weighted by Gasteiger charge is -2.07. The number of pyridine rings is 1. The number of hydrogen-bond donors (Lipinski definition) is 1.